The van der Waals surface area contributed by atoms with Crippen LogP contribution in [0.2, 0.25) is 0 Å². The van der Waals surface area contributed by atoms with E-state index in [9.17, 15) is 9.90 Å². The fraction of sp³-hybridized carbons (Fsp3) is 0.250. The number of carbonyl (C=O) groups excluding carboxylic acids is 1. The molecular formula is C16H16N2O4S. The number of aromatic amines is 1. The highest BCUT2D eigenvalue weighted by Crippen LogP contribution is 2.22. The minimum atomic E-state index is -1.29. The van der Waals surface area contributed by atoms with Crippen LogP contribution >= 0.6 is 12.2 Å². The summed E-state index contributed by atoms with van der Waals surface area (Å²) >= 11 is 4.91. The van der Waals surface area contributed by atoms with E-state index < -0.39 is 5.60 Å². The van der Waals surface area contributed by atoms with E-state index in [0.717, 1.165) is 5.52 Å². The summed E-state index contributed by atoms with van der Waals surface area (Å²) in [5.74, 6) is 0.783. The Morgan fingerprint density at radius 3 is 2.83 bits per heavy atom. The molecule has 0 aliphatic carbocycles. The second-order valence-corrected chi connectivity index (χ2v) is 5.96. The number of carbonyl (C=O) groups is 1. The number of benzene rings is 1. The molecule has 0 saturated carbocycles. The van der Waals surface area contributed by atoms with Gasteiger partial charge in [-0.25, -0.2) is 0 Å². The molecule has 3 N–H and O–H groups in total. The molecule has 0 saturated heterocycles. The van der Waals surface area contributed by atoms with E-state index in [4.69, 9.17) is 21.1 Å². The third-order valence-corrected chi connectivity index (χ3v) is 3.73. The first-order valence-corrected chi connectivity index (χ1v) is 7.46. The number of rotatable bonds is 4. The molecule has 2 heterocycles. The summed E-state index contributed by atoms with van der Waals surface area (Å²) in [6.45, 7) is 3.40. The molecule has 23 heavy (non-hydrogen) atoms. The van der Waals surface area contributed by atoms with Crippen LogP contribution in [0.5, 0.6) is 0 Å². The van der Waals surface area contributed by atoms with Crippen molar-refractivity contribution in [3.63, 3.8) is 0 Å². The zero-order valence-corrected chi connectivity index (χ0v) is 13.5. The first kappa shape index (κ1) is 15.5. The molecule has 0 aliphatic heterocycles. The summed E-state index contributed by atoms with van der Waals surface area (Å²) in [6, 6.07) is 8.43. The normalized spacial score (nSPS) is 13.9. The lowest BCUT2D eigenvalue weighted by Crippen LogP contribution is -2.38. The quantitative estimate of drug-likeness (QED) is 0.639. The van der Waals surface area contributed by atoms with Gasteiger partial charge in [0.25, 0.3) is 10.7 Å². The molecule has 7 heteroatoms. The Kier molecular flexibility index (Phi) is 3.83. The average molecular weight is 332 g/mol. The van der Waals surface area contributed by atoms with Crippen LogP contribution in [-0.4, -0.2) is 22.5 Å². The summed E-state index contributed by atoms with van der Waals surface area (Å²) in [5.41, 5.74) is 0.364. The molecule has 3 rings (SSSR count). The van der Waals surface area contributed by atoms with Crippen LogP contribution in [0.3, 0.4) is 0 Å². The highest BCUT2D eigenvalue weighted by atomic mass is 32.1. The number of furan rings is 1. The molecule has 2 aromatic heterocycles. The van der Waals surface area contributed by atoms with Gasteiger partial charge < -0.3 is 24.2 Å². The lowest BCUT2D eigenvalue weighted by atomic mass is 10.0. The fourth-order valence-electron chi connectivity index (χ4n) is 2.25. The predicted molar refractivity (Wildman–Crippen MR) is 86.7 cm³/mol. The van der Waals surface area contributed by atoms with Crippen molar-refractivity contribution in [1.29, 1.82) is 0 Å². The van der Waals surface area contributed by atoms with Gasteiger partial charge in [0.15, 0.2) is 5.58 Å². The minimum Gasteiger partial charge on any atom is -0.463 e. The molecule has 0 bridgehead atoms. The molecule has 0 fully saturated rings. The Morgan fingerprint density at radius 2 is 2.13 bits per heavy atom. The van der Waals surface area contributed by atoms with Gasteiger partial charge in [-0.05, 0) is 56.4 Å². The van der Waals surface area contributed by atoms with Gasteiger partial charge in [-0.15, -0.1) is 0 Å². The van der Waals surface area contributed by atoms with Gasteiger partial charge in [0, 0.05) is 5.56 Å². The zero-order chi connectivity index (χ0) is 16.6. The summed E-state index contributed by atoms with van der Waals surface area (Å²) in [4.78, 5) is 15.4. The van der Waals surface area contributed by atoms with E-state index in [2.05, 4.69) is 10.3 Å². The summed E-state index contributed by atoms with van der Waals surface area (Å²) in [5, 5.41) is 13.1. The summed E-state index contributed by atoms with van der Waals surface area (Å²) in [6.07, 6.45) is 0. The van der Waals surface area contributed by atoms with Crippen LogP contribution in [-0.2, 0) is 5.60 Å². The molecule has 1 aromatic carbocycles. The molecule has 1 unspecified atom stereocenters. The van der Waals surface area contributed by atoms with Gasteiger partial charge in [0.05, 0.1) is 12.1 Å². The Bertz CT molecular complexity index is 919. The van der Waals surface area contributed by atoms with Crippen molar-refractivity contribution in [3.05, 3.63) is 52.3 Å². The smallest absolute Gasteiger partial charge is 0.266 e. The van der Waals surface area contributed by atoms with Gasteiger partial charge in [-0.3, -0.25) is 4.79 Å². The van der Waals surface area contributed by atoms with Crippen LogP contribution in [0.25, 0.3) is 11.1 Å². The SMILES string of the molecule is Cc1ccc(C(C)(O)CNC(=O)c2ccc3[nH]c(=S)oc3c2)o1. The van der Waals surface area contributed by atoms with Crippen molar-refractivity contribution in [1.82, 2.24) is 10.3 Å². The standard InChI is InChI=1S/C16H16N2O4S/c1-9-3-6-13(21-9)16(2,20)8-17-14(19)10-4-5-11-12(7-10)22-15(23)18-11/h3-7,20H,8H2,1-2H3,(H,17,19)(H,18,23). The number of aliphatic hydroxyl groups is 1. The third kappa shape index (κ3) is 3.20. The number of aryl methyl sites for hydroxylation is 1. The minimum absolute atomic E-state index is 0.0212. The Labute approximate surface area is 137 Å². The van der Waals surface area contributed by atoms with Crippen molar-refractivity contribution in [3.8, 4) is 0 Å². The van der Waals surface area contributed by atoms with Crippen LogP contribution in [0.15, 0.2) is 39.2 Å². The number of aromatic nitrogens is 1. The molecule has 1 atom stereocenters. The zero-order valence-electron chi connectivity index (χ0n) is 12.7. The molecule has 120 valence electrons. The summed E-state index contributed by atoms with van der Waals surface area (Å²) < 4.78 is 10.7. The summed E-state index contributed by atoms with van der Waals surface area (Å²) in [7, 11) is 0. The Hall–Kier alpha value is -2.38. The van der Waals surface area contributed by atoms with Gasteiger partial charge in [0.2, 0.25) is 0 Å². The second-order valence-electron chi connectivity index (χ2n) is 5.59. The van der Waals surface area contributed by atoms with E-state index >= 15 is 0 Å². The highest BCUT2D eigenvalue weighted by molar-refractivity contribution is 7.71. The maximum absolute atomic E-state index is 12.2. The molecule has 3 aromatic rings. The predicted octanol–water partition coefficient (Wildman–Crippen LogP) is 3.03. The number of hydrogen-bond donors (Lipinski definition) is 3. The first-order chi connectivity index (χ1) is 10.8. The van der Waals surface area contributed by atoms with E-state index in [0.29, 0.717) is 22.7 Å². The van der Waals surface area contributed by atoms with Crippen molar-refractivity contribution < 1.29 is 18.7 Å². The largest absolute Gasteiger partial charge is 0.463 e. The van der Waals surface area contributed by atoms with E-state index in [1.807, 2.05) is 0 Å². The average Bonchev–Trinajstić information content (AvgIpc) is 3.09. The van der Waals surface area contributed by atoms with Gasteiger partial charge in [-0.1, -0.05) is 0 Å². The van der Waals surface area contributed by atoms with Crippen LogP contribution < -0.4 is 5.32 Å². The Morgan fingerprint density at radius 1 is 1.35 bits per heavy atom. The maximum atomic E-state index is 12.2. The highest BCUT2D eigenvalue weighted by Gasteiger charge is 2.27. The molecule has 0 spiro atoms. The number of H-pyrrole nitrogens is 1. The van der Waals surface area contributed by atoms with Gasteiger partial charge in [-0.2, -0.15) is 0 Å². The number of amides is 1. The third-order valence-electron chi connectivity index (χ3n) is 3.55. The number of nitrogens with one attached hydrogen (secondary N) is 2. The number of hydrogen-bond acceptors (Lipinski definition) is 5. The van der Waals surface area contributed by atoms with Crippen LogP contribution in [0, 0.1) is 11.8 Å². The van der Waals surface area contributed by atoms with E-state index in [-0.39, 0.29) is 17.3 Å². The topological polar surface area (TPSA) is 91.4 Å². The first-order valence-electron chi connectivity index (χ1n) is 7.05. The van der Waals surface area contributed by atoms with Crippen molar-refractivity contribution in [2.24, 2.45) is 0 Å². The molecule has 0 aliphatic rings. The second kappa shape index (κ2) is 5.68. The Balaban J connectivity index is 1.74. The maximum Gasteiger partial charge on any atom is 0.266 e. The fourth-order valence-corrected chi connectivity index (χ4v) is 2.45. The monoisotopic (exact) mass is 332 g/mol. The van der Waals surface area contributed by atoms with Crippen molar-refractivity contribution in [2.75, 3.05) is 6.54 Å². The van der Waals surface area contributed by atoms with E-state index in [1.165, 1.54) is 0 Å². The molecule has 1 amide bonds. The van der Waals surface area contributed by atoms with Crippen LogP contribution in [0.1, 0.15) is 28.8 Å². The number of oxazole rings is 1. The van der Waals surface area contributed by atoms with Gasteiger partial charge in [0.1, 0.15) is 17.1 Å². The van der Waals surface area contributed by atoms with Crippen molar-refractivity contribution in [2.45, 2.75) is 19.4 Å². The number of fused-ring (bicyclic) bond motifs is 1. The lowest BCUT2D eigenvalue weighted by molar-refractivity contribution is 0.0323. The molecular weight excluding hydrogens is 316 g/mol. The van der Waals surface area contributed by atoms with Gasteiger partial charge >= 0.3 is 0 Å². The lowest BCUT2D eigenvalue weighted by Gasteiger charge is -2.21. The van der Waals surface area contributed by atoms with Crippen LogP contribution in [0.4, 0.5) is 0 Å². The molecule has 0 radical (unpaired) electrons. The van der Waals surface area contributed by atoms with Crippen molar-refractivity contribution >= 4 is 29.2 Å². The molecule has 6 nitrogen and oxygen atoms in total. The van der Waals surface area contributed by atoms with E-state index in [1.54, 1.807) is 44.2 Å².